The van der Waals surface area contributed by atoms with Crippen molar-refractivity contribution in [2.45, 2.75) is 25.7 Å². The van der Waals surface area contributed by atoms with Crippen LogP contribution in [-0.2, 0) is 9.59 Å². The van der Waals surface area contributed by atoms with Gasteiger partial charge in [-0.25, -0.2) is 0 Å². The first-order valence-electron chi connectivity index (χ1n) is 10.2. The van der Waals surface area contributed by atoms with Gasteiger partial charge in [0, 0.05) is 43.0 Å². The van der Waals surface area contributed by atoms with Crippen LogP contribution in [0.2, 0.25) is 0 Å². The molecule has 2 aromatic rings. The zero-order valence-electron chi connectivity index (χ0n) is 16.3. The van der Waals surface area contributed by atoms with Gasteiger partial charge in [-0.3, -0.25) is 14.4 Å². The number of hydrogen-bond donors (Lipinski definition) is 1. The van der Waals surface area contributed by atoms with E-state index in [2.05, 4.69) is 5.32 Å². The number of carbonyl (C=O) groups is 3. The van der Waals surface area contributed by atoms with Crippen LogP contribution in [0, 0.1) is 5.92 Å². The first-order chi connectivity index (χ1) is 14.1. The predicted molar refractivity (Wildman–Crippen MR) is 112 cm³/mol. The molecule has 0 aromatic heterocycles. The van der Waals surface area contributed by atoms with Crippen LogP contribution >= 0.6 is 0 Å². The van der Waals surface area contributed by atoms with E-state index < -0.39 is 5.92 Å². The minimum Gasteiger partial charge on any atom is -0.339 e. The highest BCUT2D eigenvalue weighted by Gasteiger charge is 2.35. The Hall–Kier alpha value is -3.15. The highest BCUT2D eigenvalue weighted by Crippen LogP contribution is 2.26. The number of piperidine rings is 1. The molecule has 0 unspecified atom stereocenters. The SMILES string of the molecule is O=C(Nc1ccc(C(=O)N2CCCCC2)cc1)[C@@H]1CC(=O)N(c2ccccc2)C1. The van der Waals surface area contributed by atoms with E-state index in [1.165, 1.54) is 6.42 Å². The molecule has 3 amide bonds. The Labute approximate surface area is 170 Å². The summed E-state index contributed by atoms with van der Waals surface area (Å²) in [7, 11) is 0. The van der Waals surface area contributed by atoms with Crippen LogP contribution in [0.5, 0.6) is 0 Å². The Morgan fingerprint density at radius 3 is 2.28 bits per heavy atom. The number of likely N-dealkylation sites (tertiary alicyclic amines) is 1. The second kappa shape index (κ2) is 8.47. The predicted octanol–water partition coefficient (Wildman–Crippen LogP) is 3.30. The number of anilines is 2. The highest BCUT2D eigenvalue weighted by molar-refractivity contribution is 6.03. The lowest BCUT2D eigenvalue weighted by molar-refractivity contribution is -0.122. The van der Waals surface area contributed by atoms with Crippen molar-refractivity contribution in [2.75, 3.05) is 29.9 Å². The number of carbonyl (C=O) groups excluding carboxylic acids is 3. The third kappa shape index (κ3) is 4.31. The summed E-state index contributed by atoms with van der Waals surface area (Å²) in [5.41, 5.74) is 2.08. The van der Waals surface area contributed by atoms with E-state index in [0.29, 0.717) is 17.8 Å². The Morgan fingerprint density at radius 2 is 1.59 bits per heavy atom. The molecule has 2 fully saturated rings. The monoisotopic (exact) mass is 391 g/mol. The molecule has 2 saturated heterocycles. The fourth-order valence-corrected chi connectivity index (χ4v) is 3.96. The van der Waals surface area contributed by atoms with E-state index in [9.17, 15) is 14.4 Å². The number of rotatable bonds is 4. The van der Waals surface area contributed by atoms with Crippen LogP contribution in [0.25, 0.3) is 0 Å². The normalized spacial score (nSPS) is 19.3. The highest BCUT2D eigenvalue weighted by atomic mass is 16.2. The third-order valence-electron chi connectivity index (χ3n) is 5.61. The molecular formula is C23H25N3O3. The number of para-hydroxylation sites is 1. The molecule has 2 aliphatic rings. The van der Waals surface area contributed by atoms with Crippen LogP contribution in [0.3, 0.4) is 0 Å². The molecule has 6 nitrogen and oxygen atoms in total. The van der Waals surface area contributed by atoms with Gasteiger partial charge in [0.15, 0.2) is 0 Å². The molecule has 6 heteroatoms. The zero-order chi connectivity index (χ0) is 20.2. The second-order valence-electron chi connectivity index (χ2n) is 7.66. The van der Waals surface area contributed by atoms with Crippen molar-refractivity contribution in [2.24, 2.45) is 5.92 Å². The van der Waals surface area contributed by atoms with E-state index in [1.54, 1.807) is 29.2 Å². The van der Waals surface area contributed by atoms with Crippen LogP contribution in [-0.4, -0.2) is 42.3 Å². The van der Waals surface area contributed by atoms with Gasteiger partial charge in [-0.15, -0.1) is 0 Å². The summed E-state index contributed by atoms with van der Waals surface area (Å²) in [6.07, 6.45) is 3.49. The number of benzene rings is 2. The van der Waals surface area contributed by atoms with Crippen molar-refractivity contribution in [3.8, 4) is 0 Å². The largest absolute Gasteiger partial charge is 0.339 e. The molecule has 0 saturated carbocycles. The first kappa shape index (κ1) is 19.2. The Bertz CT molecular complexity index is 889. The van der Waals surface area contributed by atoms with Crippen LogP contribution in [0.4, 0.5) is 11.4 Å². The zero-order valence-corrected chi connectivity index (χ0v) is 16.3. The van der Waals surface area contributed by atoms with Gasteiger partial charge in [0.05, 0.1) is 5.92 Å². The van der Waals surface area contributed by atoms with Crippen LogP contribution < -0.4 is 10.2 Å². The molecule has 2 aliphatic heterocycles. The maximum atomic E-state index is 12.6. The van der Waals surface area contributed by atoms with Crippen molar-refractivity contribution in [1.82, 2.24) is 4.90 Å². The second-order valence-corrected chi connectivity index (χ2v) is 7.66. The van der Waals surface area contributed by atoms with E-state index in [4.69, 9.17) is 0 Å². The fourth-order valence-electron chi connectivity index (χ4n) is 3.96. The molecule has 29 heavy (non-hydrogen) atoms. The maximum absolute atomic E-state index is 12.6. The van der Waals surface area contributed by atoms with Gasteiger partial charge in [-0.2, -0.15) is 0 Å². The number of hydrogen-bond acceptors (Lipinski definition) is 3. The van der Waals surface area contributed by atoms with Gasteiger partial charge in [-0.1, -0.05) is 18.2 Å². The average Bonchev–Trinajstić information content (AvgIpc) is 3.17. The number of nitrogens with zero attached hydrogens (tertiary/aromatic N) is 2. The molecule has 0 radical (unpaired) electrons. The van der Waals surface area contributed by atoms with Gasteiger partial charge < -0.3 is 15.1 Å². The summed E-state index contributed by atoms with van der Waals surface area (Å²) in [6, 6.07) is 16.4. The summed E-state index contributed by atoms with van der Waals surface area (Å²) in [6.45, 7) is 2.00. The summed E-state index contributed by atoms with van der Waals surface area (Å²) >= 11 is 0. The van der Waals surface area contributed by atoms with Crippen molar-refractivity contribution < 1.29 is 14.4 Å². The van der Waals surface area contributed by atoms with E-state index in [1.807, 2.05) is 35.2 Å². The molecule has 1 atom stereocenters. The lowest BCUT2D eigenvalue weighted by atomic mass is 10.1. The molecule has 2 heterocycles. The van der Waals surface area contributed by atoms with E-state index in [-0.39, 0.29) is 24.1 Å². The Morgan fingerprint density at radius 1 is 0.897 bits per heavy atom. The van der Waals surface area contributed by atoms with Gasteiger partial charge >= 0.3 is 0 Å². The average molecular weight is 391 g/mol. The van der Waals surface area contributed by atoms with Crippen LogP contribution in [0.1, 0.15) is 36.0 Å². The molecule has 150 valence electrons. The maximum Gasteiger partial charge on any atom is 0.253 e. The fraction of sp³-hybridized carbons (Fsp3) is 0.348. The minimum atomic E-state index is -0.391. The van der Waals surface area contributed by atoms with Gasteiger partial charge in [0.2, 0.25) is 11.8 Å². The summed E-state index contributed by atoms with van der Waals surface area (Å²) in [5.74, 6) is -0.564. The van der Waals surface area contributed by atoms with Crippen molar-refractivity contribution in [1.29, 1.82) is 0 Å². The lowest BCUT2D eigenvalue weighted by Crippen LogP contribution is -2.35. The molecule has 1 N–H and O–H groups in total. The topological polar surface area (TPSA) is 69.7 Å². The van der Waals surface area contributed by atoms with Crippen LogP contribution in [0.15, 0.2) is 54.6 Å². The number of amides is 3. The lowest BCUT2D eigenvalue weighted by Gasteiger charge is -2.26. The van der Waals surface area contributed by atoms with Gasteiger partial charge in [-0.05, 0) is 55.7 Å². The molecule has 0 bridgehead atoms. The molecule has 0 aliphatic carbocycles. The van der Waals surface area contributed by atoms with Gasteiger partial charge in [0.1, 0.15) is 0 Å². The quantitative estimate of drug-likeness (QED) is 0.869. The standard InChI is InChI=1S/C23H25N3O3/c27-21-15-18(16-26(21)20-7-3-1-4-8-20)22(28)24-19-11-9-17(10-12-19)23(29)25-13-5-2-6-14-25/h1,3-4,7-12,18H,2,5-6,13-16H2,(H,24,28)/t18-/m1/s1. The summed E-state index contributed by atoms with van der Waals surface area (Å²) < 4.78 is 0. The minimum absolute atomic E-state index is 0.0428. The molecule has 2 aromatic carbocycles. The molecule has 0 spiro atoms. The number of nitrogens with one attached hydrogen (secondary N) is 1. The summed E-state index contributed by atoms with van der Waals surface area (Å²) in [4.78, 5) is 41.0. The smallest absolute Gasteiger partial charge is 0.253 e. The van der Waals surface area contributed by atoms with Gasteiger partial charge in [0.25, 0.3) is 5.91 Å². The Balaban J connectivity index is 1.36. The third-order valence-corrected chi connectivity index (χ3v) is 5.61. The molecular weight excluding hydrogens is 366 g/mol. The summed E-state index contributed by atoms with van der Waals surface area (Å²) in [5, 5.41) is 2.88. The van der Waals surface area contributed by atoms with Crippen molar-refractivity contribution in [3.05, 3.63) is 60.2 Å². The van der Waals surface area contributed by atoms with Crippen molar-refractivity contribution in [3.63, 3.8) is 0 Å². The van der Waals surface area contributed by atoms with E-state index in [0.717, 1.165) is 31.6 Å². The molecule has 4 rings (SSSR count). The van der Waals surface area contributed by atoms with Crippen molar-refractivity contribution >= 4 is 29.1 Å². The Kier molecular flexibility index (Phi) is 5.60. The van der Waals surface area contributed by atoms with E-state index >= 15 is 0 Å². The first-order valence-corrected chi connectivity index (χ1v) is 10.2.